The minimum atomic E-state index is -0.0913. The standard InChI is InChI=1S/C27H26ClN3OS/c1-16-8-10-20(11-9-16)23-14-27(31-25-13-18(3)17(2)12-24(25)29-23)33-15-26(32)30-22-7-5-6-21(28)19(22)4/h5-13H,14-15H2,1-4H3,(H,30,32). The fourth-order valence-corrected chi connectivity index (χ4v) is 4.49. The van der Waals surface area contributed by atoms with Crippen LogP contribution in [0.1, 0.15) is 34.2 Å². The number of anilines is 1. The Labute approximate surface area is 204 Å². The summed E-state index contributed by atoms with van der Waals surface area (Å²) < 4.78 is 0. The van der Waals surface area contributed by atoms with Gasteiger partial charge in [-0.1, -0.05) is 47.5 Å². The smallest absolute Gasteiger partial charge is 0.234 e. The van der Waals surface area contributed by atoms with Crippen molar-refractivity contribution in [2.45, 2.75) is 34.1 Å². The highest BCUT2D eigenvalue weighted by atomic mass is 35.5. The SMILES string of the molecule is Cc1ccc(C2=Nc3cc(C)c(C)cc3N=C(SCC(=O)Nc3cccc(Cl)c3C)C2)cc1. The highest BCUT2D eigenvalue weighted by Gasteiger charge is 2.18. The van der Waals surface area contributed by atoms with Crippen molar-refractivity contribution in [1.82, 2.24) is 0 Å². The van der Waals surface area contributed by atoms with E-state index >= 15 is 0 Å². The first kappa shape index (κ1) is 23.3. The lowest BCUT2D eigenvalue weighted by Crippen LogP contribution is -2.17. The number of benzene rings is 3. The molecule has 0 atom stereocenters. The summed E-state index contributed by atoms with van der Waals surface area (Å²) in [6.45, 7) is 8.13. The monoisotopic (exact) mass is 475 g/mol. The van der Waals surface area contributed by atoms with E-state index in [1.807, 2.05) is 25.1 Å². The van der Waals surface area contributed by atoms with Gasteiger partial charge in [0.15, 0.2) is 0 Å². The van der Waals surface area contributed by atoms with Gasteiger partial charge >= 0.3 is 0 Å². The maximum Gasteiger partial charge on any atom is 0.234 e. The number of rotatable bonds is 4. The van der Waals surface area contributed by atoms with Crippen molar-refractivity contribution in [3.8, 4) is 0 Å². The first-order chi connectivity index (χ1) is 15.8. The minimum absolute atomic E-state index is 0.0913. The van der Waals surface area contributed by atoms with E-state index in [9.17, 15) is 4.79 Å². The van der Waals surface area contributed by atoms with Crippen LogP contribution in [0.5, 0.6) is 0 Å². The molecule has 1 N–H and O–H groups in total. The second-order valence-electron chi connectivity index (χ2n) is 8.28. The second kappa shape index (κ2) is 9.94. The van der Waals surface area contributed by atoms with Gasteiger partial charge in [-0.2, -0.15) is 0 Å². The van der Waals surface area contributed by atoms with Crippen LogP contribution in [0.25, 0.3) is 0 Å². The molecule has 0 spiro atoms. The van der Waals surface area contributed by atoms with Gasteiger partial charge < -0.3 is 5.32 Å². The average molecular weight is 476 g/mol. The molecule has 0 saturated carbocycles. The lowest BCUT2D eigenvalue weighted by Gasteiger charge is -2.10. The third-order valence-electron chi connectivity index (χ3n) is 5.71. The number of halogens is 1. The molecular weight excluding hydrogens is 450 g/mol. The summed E-state index contributed by atoms with van der Waals surface area (Å²) in [7, 11) is 0. The largest absolute Gasteiger partial charge is 0.325 e. The fraction of sp³-hybridized carbons (Fsp3) is 0.222. The summed E-state index contributed by atoms with van der Waals surface area (Å²) in [6, 6.07) is 18.0. The van der Waals surface area contributed by atoms with E-state index in [0.29, 0.717) is 11.4 Å². The Morgan fingerprint density at radius 3 is 2.33 bits per heavy atom. The number of thioether (sulfide) groups is 1. The molecule has 1 aliphatic rings. The zero-order valence-corrected chi connectivity index (χ0v) is 20.8. The zero-order chi connectivity index (χ0) is 23.5. The first-order valence-electron chi connectivity index (χ1n) is 10.8. The lowest BCUT2D eigenvalue weighted by molar-refractivity contribution is -0.113. The Bertz CT molecular complexity index is 1280. The van der Waals surface area contributed by atoms with Gasteiger partial charge in [0.25, 0.3) is 0 Å². The van der Waals surface area contributed by atoms with Crippen LogP contribution < -0.4 is 5.32 Å². The third kappa shape index (κ3) is 5.55. The molecule has 0 fully saturated rings. The van der Waals surface area contributed by atoms with Crippen molar-refractivity contribution in [2.24, 2.45) is 9.98 Å². The number of carbonyl (C=O) groups is 1. The van der Waals surface area contributed by atoms with E-state index in [2.05, 4.69) is 62.5 Å². The molecule has 33 heavy (non-hydrogen) atoms. The van der Waals surface area contributed by atoms with Crippen LogP contribution in [0.4, 0.5) is 17.1 Å². The molecule has 0 radical (unpaired) electrons. The maximum absolute atomic E-state index is 12.7. The molecule has 168 valence electrons. The van der Waals surface area contributed by atoms with Crippen LogP contribution >= 0.6 is 23.4 Å². The molecule has 4 rings (SSSR count). The molecule has 0 bridgehead atoms. The van der Waals surface area contributed by atoms with Crippen molar-refractivity contribution >= 4 is 57.1 Å². The Kier molecular flexibility index (Phi) is 7.01. The quantitative estimate of drug-likeness (QED) is 0.424. The average Bonchev–Trinajstić information content (AvgIpc) is 2.95. The summed E-state index contributed by atoms with van der Waals surface area (Å²) >= 11 is 7.63. The molecule has 3 aromatic carbocycles. The number of hydrogen-bond donors (Lipinski definition) is 1. The summed E-state index contributed by atoms with van der Waals surface area (Å²) in [5.41, 5.74) is 8.88. The van der Waals surface area contributed by atoms with Crippen molar-refractivity contribution in [1.29, 1.82) is 0 Å². The minimum Gasteiger partial charge on any atom is -0.325 e. The molecule has 1 aliphatic heterocycles. The van der Waals surface area contributed by atoms with Crippen molar-refractivity contribution in [3.05, 3.63) is 87.4 Å². The lowest BCUT2D eigenvalue weighted by atomic mass is 10.1. The zero-order valence-electron chi connectivity index (χ0n) is 19.2. The van der Waals surface area contributed by atoms with Gasteiger partial charge in [-0.05, 0) is 74.2 Å². The normalized spacial score (nSPS) is 13.0. The van der Waals surface area contributed by atoms with E-state index in [1.165, 1.54) is 28.5 Å². The van der Waals surface area contributed by atoms with E-state index in [1.54, 1.807) is 0 Å². The summed E-state index contributed by atoms with van der Waals surface area (Å²) in [6.07, 6.45) is 0.573. The summed E-state index contributed by atoms with van der Waals surface area (Å²) in [5.74, 6) is 0.165. The number of nitrogens with one attached hydrogen (secondary N) is 1. The van der Waals surface area contributed by atoms with Crippen LogP contribution in [0, 0.1) is 27.7 Å². The van der Waals surface area contributed by atoms with Crippen LogP contribution in [-0.2, 0) is 4.79 Å². The molecule has 0 aromatic heterocycles. The fourth-order valence-electron chi connectivity index (χ4n) is 3.54. The predicted molar refractivity (Wildman–Crippen MR) is 142 cm³/mol. The van der Waals surface area contributed by atoms with Gasteiger partial charge in [-0.15, -0.1) is 11.8 Å². The topological polar surface area (TPSA) is 53.8 Å². The Balaban J connectivity index is 1.59. The Morgan fingerprint density at radius 1 is 0.970 bits per heavy atom. The molecule has 0 unspecified atom stereocenters. The van der Waals surface area contributed by atoms with Crippen molar-refractivity contribution < 1.29 is 4.79 Å². The number of aliphatic imine (C=N–C) groups is 2. The van der Waals surface area contributed by atoms with E-state index in [4.69, 9.17) is 21.6 Å². The summed E-state index contributed by atoms with van der Waals surface area (Å²) in [5, 5.41) is 4.47. The number of carbonyl (C=O) groups excluding carboxylic acids is 1. The van der Waals surface area contributed by atoms with Crippen LogP contribution in [0.15, 0.2) is 64.6 Å². The number of nitrogens with zero attached hydrogens (tertiary/aromatic N) is 2. The van der Waals surface area contributed by atoms with Gasteiger partial charge in [-0.25, -0.2) is 4.99 Å². The van der Waals surface area contributed by atoms with Gasteiger partial charge in [-0.3, -0.25) is 9.79 Å². The van der Waals surface area contributed by atoms with E-state index < -0.39 is 0 Å². The number of amides is 1. The highest BCUT2D eigenvalue weighted by Crippen LogP contribution is 2.36. The number of hydrogen-bond acceptors (Lipinski definition) is 4. The number of fused-ring (bicyclic) bond motifs is 1. The highest BCUT2D eigenvalue weighted by molar-refractivity contribution is 8.14. The third-order valence-corrected chi connectivity index (χ3v) is 7.09. The Hall–Kier alpha value is -2.89. The second-order valence-corrected chi connectivity index (χ2v) is 9.74. The van der Waals surface area contributed by atoms with Crippen molar-refractivity contribution in [2.75, 3.05) is 11.1 Å². The Morgan fingerprint density at radius 2 is 1.64 bits per heavy atom. The molecule has 6 heteroatoms. The molecule has 3 aromatic rings. The maximum atomic E-state index is 12.7. The molecular formula is C27H26ClN3OS. The number of aryl methyl sites for hydroxylation is 3. The van der Waals surface area contributed by atoms with Crippen LogP contribution in [0.2, 0.25) is 5.02 Å². The first-order valence-corrected chi connectivity index (χ1v) is 12.2. The molecule has 0 aliphatic carbocycles. The molecule has 0 saturated heterocycles. The molecule has 1 heterocycles. The molecule has 4 nitrogen and oxygen atoms in total. The van der Waals surface area contributed by atoms with Crippen molar-refractivity contribution in [3.63, 3.8) is 0 Å². The van der Waals surface area contributed by atoms with E-state index in [-0.39, 0.29) is 11.7 Å². The van der Waals surface area contributed by atoms with E-state index in [0.717, 1.165) is 38.9 Å². The van der Waals surface area contributed by atoms with Gasteiger partial charge in [0.1, 0.15) is 0 Å². The van der Waals surface area contributed by atoms with Gasteiger partial charge in [0.05, 0.1) is 27.9 Å². The molecule has 1 amide bonds. The predicted octanol–water partition coefficient (Wildman–Crippen LogP) is 7.50. The summed E-state index contributed by atoms with van der Waals surface area (Å²) in [4.78, 5) is 22.6. The van der Waals surface area contributed by atoms with Crippen LogP contribution in [-0.4, -0.2) is 22.4 Å². The van der Waals surface area contributed by atoms with Crippen LogP contribution in [0.3, 0.4) is 0 Å². The van der Waals surface area contributed by atoms with Gasteiger partial charge in [0, 0.05) is 17.1 Å². The van der Waals surface area contributed by atoms with Gasteiger partial charge in [0.2, 0.25) is 5.91 Å².